The summed E-state index contributed by atoms with van der Waals surface area (Å²) in [6, 6.07) is 0. The van der Waals surface area contributed by atoms with Gasteiger partial charge < -0.3 is 9.47 Å². The maximum absolute atomic E-state index is 11.5. The Hall–Kier alpha value is -1.06. The van der Waals surface area contributed by atoms with Crippen molar-refractivity contribution in [2.45, 2.75) is 110 Å². The quantitative estimate of drug-likeness (QED) is 0.173. The molecule has 0 heterocycles. The normalized spacial score (nSPS) is 10.6. The SMILES string of the molecule is CCCCCCCCCCOC(=O)CC(=O)OCCCCCCCC. The van der Waals surface area contributed by atoms with Crippen molar-refractivity contribution in [2.24, 2.45) is 0 Å². The first-order valence-corrected chi connectivity index (χ1v) is 10.5. The molecular formula is C21H40O4. The van der Waals surface area contributed by atoms with Crippen molar-refractivity contribution in [3.63, 3.8) is 0 Å². The Labute approximate surface area is 155 Å². The lowest BCUT2D eigenvalue weighted by Crippen LogP contribution is -2.15. The number of carbonyl (C=O) groups is 2. The fourth-order valence-electron chi connectivity index (χ4n) is 2.71. The van der Waals surface area contributed by atoms with E-state index in [1.165, 1.54) is 64.2 Å². The van der Waals surface area contributed by atoms with Crippen LogP contribution in [-0.4, -0.2) is 25.2 Å². The van der Waals surface area contributed by atoms with Crippen molar-refractivity contribution in [3.8, 4) is 0 Å². The molecule has 0 aliphatic rings. The van der Waals surface area contributed by atoms with Gasteiger partial charge in [-0.3, -0.25) is 9.59 Å². The van der Waals surface area contributed by atoms with Crippen molar-refractivity contribution in [1.29, 1.82) is 0 Å². The Balaban J connectivity index is 3.34. The van der Waals surface area contributed by atoms with Gasteiger partial charge in [0.15, 0.2) is 0 Å². The van der Waals surface area contributed by atoms with E-state index in [4.69, 9.17) is 9.47 Å². The first-order chi connectivity index (χ1) is 12.2. The summed E-state index contributed by atoms with van der Waals surface area (Å²) in [6.07, 6.45) is 16.3. The van der Waals surface area contributed by atoms with E-state index in [9.17, 15) is 9.59 Å². The molecule has 0 amide bonds. The second-order valence-corrected chi connectivity index (χ2v) is 6.86. The molecule has 0 rings (SSSR count). The maximum atomic E-state index is 11.5. The van der Waals surface area contributed by atoms with Crippen LogP contribution in [0.25, 0.3) is 0 Å². The summed E-state index contributed by atoms with van der Waals surface area (Å²) >= 11 is 0. The molecule has 25 heavy (non-hydrogen) atoms. The number of ether oxygens (including phenoxy) is 2. The molecule has 0 N–H and O–H groups in total. The molecule has 0 saturated heterocycles. The third-order valence-corrected chi connectivity index (χ3v) is 4.31. The summed E-state index contributed by atoms with van der Waals surface area (Å²) in [5, 5.41) is 0. The average Bonchev–Trinajstić information content (AvgIpc) is 2.59. The van der Waals surface area contributed by atoms with Gasteiger partial charge in [-0.25, -0.2) is 0 Å². The molecule has 4 heteroatoms. The number of carbonyl (C=O) groups excluding carboxylic acids is 2. The van der Waals surface area contributed by atoms with E-state index in [0.717, 1.165) is 25.7 Å². The second-order valence-electron chi connectivity index (χ2n) is 6.86. The summed E-state index contributed by atoms with van der Waals surface area (Å²) in [6.45, 7) is 5.24. The van der Waals surface area contributed by atoms with Crippen LogP contribution in [0.1, 0.15) is 110 Å². The highest BCUT2D eigenvalue weighted by Crippen LogP contribution is 2.08. The first kappa shape index (κ1) is 23.9. The zero-order valence-corrected chi connectivity index (χ0v) is 16.7. The summed E-state index contributed by atoms with van der Waals surface area (Å²) < 4.78 is 10.2. The average molecular weight is 357 g/mol. The lowest BCUT2D eigenvalue weighted by molar-refractivity contribution is -0.154. The predicted octanol–water partition coefficient (Wildman–Crippen LogP) is 5.96. The van der Waals surface area contributed by atoms with Crippen molar-refractivity contribution in [2.75, 3.05) is 13.2 Å². The van der Waals surface area contributed by atoms with Crippen LogP contribution >= 0.6 is 0 Å². The molecule has 0 aromatic carbocycles. The number of rotatable bonds is 18. The Kier molecular flexibility index (Phi) is 18.5. The number of esters is 2. The Morgan fingerprint density at radius 1 is 0.520 bits per heavy atom. The molecule has 0 unspecified atom stereocenters. The fourth-order valence-corrected chi connectivity index (χ4v) is 2.71. The van der Waals surface area contributed by atoms with Crippen LogP contribution in [0.2, 0.25) is 0 Å². The smallest absolute Gasteiger partial charge is 0.317 e. The van der Waals surface area contributed by atoms with E-state index in [2.05, 4.69) is 13.8 Å². The van der Waals surface area contributed by atoms with Gasteiger partial charge in [0.1, 0.15) is 6.42 Å². The molecule has 0 radical (unpaired) electrons. The molecule has 0 bridgehead atoms. The molecule has 0 spiro atoms. The lowest BCUT2D eigenvalue weighted by Gasteiger charge is -2.06. The van der Waals surface area contributed by atoms with Gasteiger partial charge in [-0.05, 0) is 12.8 Å². The summed E-state index contributed by atoms with van der Waals surface area (Å²) in [4.78, 5) is 23.1. The Morgan fingerprint density at radius 2 is 0.840 bits per heavy atom. The molecule has 0 saturated carbocycles. The molecule has 0 aromatic heterocycles. The van der Waals surface area contributed by atoms with Gasteiger partial charge in [-0.1, -0.05) is 90.9 Å². The van der Waals surface area contributed by atoms with Gasteiger partial charge >= 0.3 is 11.9 Å². The number of unbranched alkanes of at least 4 members (excludes halogenated alkanes) is 12. The van der Waals surface area contributed by atoms with Crippen LogP contribution in [0.4, 0.5) is 0 Å². The zero-order chi connectivity index (χ0) is 18.6. The predicted molar refractivity (Wildman–Crippen MR) is 103 cm³/mol. The fraction of sp³-hybridized carbons (Fsp3) is 0.905. The molecule has 4 nitrogen and oxygen atoms in total. The lowest BCUT2D eigenvalue weighted by atomic mass is 10.1. The minimum Gasteiger partial charge on any atom is -0.465 e. The van der Waals surface area contributed by atoms with Crippen molar-refractivity contribution < 1.29 is 19.1 Å². The van der Waals surface area contributed by atoms with E-state index in [1.807, 2.05) is 0 Å². The van der Waals surface area contributed by atoms with E-state index in [1.54, 1.807) is 0 Å². The largest absolute Gasteiger partial charge is 0.465 e. The van der Waals surface area contributed by atoms with Crippen LogP contribution in [0.3, 0.4) is 0 Å². The van der Waals surface area contributed by atoms with Gasteiger partial charge in [0.2, 0.25) is 0 Å². The zero-order valence-electron chi connectivity index (χ0n) is 16.7. The van der Waals surface area contributed by atoms with Gasteiger partial charge in [-0.2, -0.15) is 0 Å². The third-order valence-electron chi connectivity index (χ3n) is 4.31. The highest BCUT2D eigenvalue weighted by atomic mass is 16.6. The molecule has 0 atom stereocenters. The first-order valence-electron chi connectivity index (χ1n) is 10.5. The van der Waals surface area contributed by atoms with Crippen LogP contribution in [0.5, 0.6) is 0 Å². The molecular weight excluding hydrogens is 316 g/mol. The van der Waals surface area contributed by atoms with Crippen molar-refractivity contribution in [1.82, 2.24) is 0 Å². The minimum atomic E-state index is -0.463. The standard InChI is InChI=1S/C21H40O4/c1-3-5-7-9-11-12-14-16-18-25-21(23)19-20(22)24-17-15-13-10-8-6-4-2/h3-19H2,1-2H3. The Bertz CT molecular complexity index is 315. The van der Waals surface area contributed by atoms with E-state index in [0.29, 0.717) is 13.2 Å². The monoisotopic (exact) mass is 356 g/mol. The van der Waals surface area contributed by atoms with Crippen LogP contribution in [-0.2, 0) is 19.1 Å². The Morgan fingerprint density at radius 3 is 1.20 bits per heavy atom. The number of hydrogen-bond acceptors (Lipinski definition) is 4. The van der Waals surface area contributed by atoms with Crippen molar-refractivity contribution in [3.05, 3.63) is 0 Å². The highest BCUT2D eigenvalue weighted by Gasteiger charge is 2.11. The maximum Gasteiger partial charge on any atom is 0.317 e. The van der Waals surface area contributed by atoms with Crippen LogP contribution in [0.15, 0.2) is 0 Å². The minimum absolute atomic E-state index is 0.257. The van der Waals surface area contributed by atoms with Crippen molar-refractivity contribution >= 4 is 11.9 Å². The summed E-state index contributed by atoms with van der Waals surface area (Å²) in [5.74, 6) is -0.926. The summed E-state index contributed by atoms with van der Waals surface area (Å²) in [7, 11) is 0. The van der Waals surface area contributed by atoms with Gasteiger partial charge in [0, 0.05) is 0 Å². The second kappa shape index (κ2) is 19.3. The molecule has 0 aliphatic carbocycles. The molecule has 0 fully saturated rings. The van der Waals surface area contributed by atoms with Gasteiger partial charge in [0.05, 0.1) is 13.2 Å². The topological polar surface area (TPSA) is 52.6 Å². The van der Waals surface area contributed by atoms with E-state index < -0.39 is 11.9 Å². The van der Waals surface area contributed by atoms with Gasteiger partial charge in [-0.15, -0.1) is 0 Å². The molecule has 0 aromatic rings. The van der Waals surface area contributed by atoms with E-state index in [-0.39, 0.29) is 6.42 Å². The molecule has 148 valence electrons. The molecule has 0 aliphatic heterocycles. The van der Waals surface area contributed by atoms with Crippen LogP contribution < -0.4 is 0 Å². The highest BCUT2D eigenvalue weighted by molar-refractivity contribution is 5.91. The van der Waals surface area contributed by atoms with Crippen LogP contribution in [0, 0.1) is 0 Å². The van der Waals surface area contributed by atoms with E-state index >= 15 is 0 Å². The van der Waals surface area contributed by atoms with Gasteiger partial charge in [0.25, 0.3) is 0 Å². The number of hydrogen-bond donors (Lipinski definition) is 0. The third kappa shape index (κ3) is 19.1. The summed E-state index contributed by atoms with van der Waals surface area (Å²) in [5.41, 5.74) is 0.